The van der Waals surface area contributed by atoms with E-state index >= 15 is 0 Å². The summed E-state index contributed by atoms with van der Waals surface area (Å²) in [5.74, 6) is 0.325. The summed E-state index contributed by atoms with van der Waals surface area (Å²) in [5.41, 5.74) is 0. The van der Waals surface area contributed by atoms with Crippen LogP contribution in [0, 0.1) is 0 Å². The summed E-state index contributed by atoms with van der Waals surface area (Å²) in [6.45, 7) is 1.25. The van der Waals surface area contributed by atoms with Gasteiger partial charge < -0.3 is 9.84 Å². The maximum atomic E-state index is 12.3. The molecule has 1 fully saturated rings. The second-order valence-electron chi connectivity index (χ2n) is 4.49. The molecule has 1 atom stereocenters. The summed E-state index contributed by atoms with van der Waals surface area (Å²) in [6.07, 6.45) is 4.00. The van der Waals surface area contributed by atoms with Crippen molar-refractivity contribution in [3.63, 3.8) is 0 Å². The second kappa shape index (κ2) is 6.42. The summed E-state index contributed by atoms with van der Waals surface area (Å²) in [4.78, 5) is 3.78. The molecule has 19 heavy (non-hydrogen) atoms. The maximum Gasteiger partial charge on any atom is 0.280 e. The Bertz CT molecular complexity index is 473. The van der Waals surface area contributed by atoms with Crippen LogP contribution in [0.5, 0.6) is 0 Å². The molecule has 0 radical (unpaired) electrons. The molecule has 108 valence electrons. The lowest BCUT2D eigenvalue weighted by Gasteiger charge is -2.34. The van der Waals surface area contributed by atoms with Crippen molar-refractivity contribution < 1.29 is 12.9 Å². The number of nitrogens with zero attached hydrogens (tertiary/aromatic N) is 3. The summed E-state index contributed by atoms with van der Waals surface area (Å²) < 4.78 is 33.1. The number of aromatic nitrogens is 2. The predicted octanol–water partition coefficient (Wildman–Crippen LogP) is -0.522. The normalized spacial score (nSPS) is 21.6. The van der Waals surface area contributed by atoms with Gasteiger partial charge in [0.1, 0.15) is 0 Å². The molecule has 0 aromatic carbocycles. The van der Waals surface area contributed by atoms with E-state index in [1.807, 2.05) is 7.05 Å². The first-order valence-electron chi connectivity index (χ1n) is 6.30. The SMILES string of the molecule is CNCC1CCCCN1S(=O)(=O)NCc1ncon1. The monoisotopic (exact) mass is 289 g/mol. The molecule has 1 aliphatic heterocycles. The summed E-state index contributed by atoms with van der Waals surface area (Å²) >= 11 is 0. The Balaban J connectivity index is 2.00. The van der Waals surface area contributed by atoms with Crippen molar-refractivity contribution in [2.24, 2.45) is 0 Å². The number of piperidine rings is 1. The quantitative estimate of drug-likeness (QED) is 0.731. The predicted molar refractivity (Wildman–Crippen MR) is 68.3 cm³/mol. The smallest absolute Gasteiger partial charge is 0.280 e. The molecule has 0 aliphatic carbocycles. The standard InChI is InChI=1S/C10H19N5O3S/c1-11-6-9-4-2-3-5-15(9)19(16,17)13-7-10-12-8-18-14-10/h8-9,11,13H,2-7H2,1H3. The highest BCUT2D eigenvalue weighted by atomic mass is 32.2. The fourth-order valence-corrected chi connectivity index (χ4v) is 3.66. The maximum absolute atomic E-state index is 12.3. The Morgan fingerprint density at radius 1 is 1.53 bits per heavy atom. The van der Waals surface area contributed by atoms with Crippen molar-refractivity contribution in [3.8, 4) is 0 Å². The molecule has 8 nitrogen and oxygen atoms in total. The van der Waals surface area contributed by atoms with Crippen LogP contribution in [-0.4, -0.2) is 49.0 Å². The van der Waals surface area contributed by atoms with E-state index in [1.54, 1.807) is 0 Å². The van der Waals surface area contributed by atoms with Gasteiger partial charge in [-0.1, -0.05) is 11.6 Å². The van der Waals surface area contributed by atoms with Gasteiger partial charge in [-0.25, -0.2) is 0 Å². The van der Waals surface area contributed by atoms with Gasteiger partial charge in [-0.2, -0.15) is 22.4 Å². The Morgan fingerprint density at radius 3 is 3.05 bits per heavy atom. The first kappa shape index (κ1) is 14.4. The van der Waals surface area contributed by atoms with E-state index in [0.29, 0.717) is 18.9 Å². The van der Waals surface area contributed by atoms with Crippen molar-refractivity contribution in [1.29, 1.82) is 0 Å². The Kier molecular flexibility index (Phi) is 4.86. The Labute approximate surface area is 112 Å². The molecular weight excluding hydrogens is 270 g/mol. The molecule has 0 saturated carbocycles. The highest BCUT2D eigenvalue weighted by molar-refractivity contribution is 7.87. The minimum atomic E-state index is -3.51. The van der Waals surface area contributed by atoms with Gasteiger partial charge in [0.2, 0.25) is 6.39 Å². The number of rotatable bonds is 6. The third-order valence-corrected chi connectivity index (χ3v) is 4.75. The van der Waals surface area contributed by atoms with Crippen LogP contribution < -0.4 is 10.0 Å². The lowest BCUT2D eigenvalue weighted by atomic mass is 10.1. The molecule has 2 heterocycles. The molecule has 0 amide bonds. The molecular formula is C10H19N5O3S. The number of hydrogen-bond donors (Lipinski definition) is 2. The highest BCUT2D eigenvalue weighted by Crippen LogP contribution is 2.19. The molecule has 0 spiro atoms. The molecule has 9 heteroatoms. The average Bonchev–Trinajstić information content (AvgIpc) is 2.91. The number of nitrogens with one attached hydrogen (secondary N) is 2. The topological polar surface area (TPSA) is 100 Å². The minimum absolute atomic E-state index is 0.00141. The lowest BCUT2D eigenvalue weighted by molar-refractivity contribution is 0.246. The average molecular weight is 289 g/mol. The van der Waals surface area contributed by atoms with Crippen molar-refractivity contribution in [2.75, 3.05) is 20.1 Å². The van der Waals surface area contributed by atoms with Crippen LogP contribution in [0.25, 0.3) is 0 Å². The van der Waals surface area contributed by atoms with E-state index in [0.717, 1.165) is 19.3 Å². The van der Waals surface area contributed by atoms with E-state index in [1.165, 1.54) is 10.7 Å². The van der Waals surface area contributed by atoms with Gasteiger partial charge in [0, 0.05) is 19.1 Å². The molecule has 1 saturated heterocycles. The van der Waals surface area contributed by atoms with Crippen molar-refractivity contribution in [1.82, 2.24) is 24.5 Å². The van der Waals surface area contributed by atoms with Crippen LogP contribution in [0.15, 0.2) is 10.9 Å². The largest absolute Gasteiger partial charge is 0.343 e. The molecule has 1 aliphatic rings. The van der Waals surface area contributed by atoms with E-state index < -0.39 is 10.2 Å². The van der Waals surface area contributed by atoms with E-state index in [-0.39, 0.29) is 12.6 Å². The number of hydrogen-bond acceptors (Lipinski definition) is 6. The fraction of sp³-hybridized carbons (Fsp3) is 0.800. The van der Waals surface area contributed by atoms with Gasteiger partial charge in [-0.05, 0) is 19.9 Å². The van der Waals surface area contributed by atoms with Gasteiger partial charge >= 0.3 is 0 Å². The third kappa shape index (κ3) is 3.72. The van der Waals surface area contributed by atoms with Crippen molar-refractivity contribution in [3.05, 3.63) is 12.2 Å². The van der Waals surface area contributed by atoms with Gasteiger partial charge in [-0.3, -0.25) is 0 Å². The van der Waals surface area contributed by atoms with Gasteiger partial charge in [-0.15, -0.1) is 0 Å². The Hall–Kier alpha value is -1.03. The van der Waals surface area contributed by atoms with Crippen LogP contribution in [-0.2, 0) is 16.8 Å². The van der Waals surface area contributed by atoms with Crippen LogP contribution in [0.1, 0.15) is 25.1 Å². The van der Waals surface area contributed by atoms with Gasteiger partial charge in [0.05, 0.1) is 6.54 Å². The molecule has 1 aromatic heterocycles. The van der Waals surface area contributed by atoms with Gasteiger partial charge in [0.15, 0.2) is 5.82 Å². The van der Waals surface area contributed by atoms with Crippen molar-refractivity contribution >= 4 is 10.2 Å². The molecule has 0 bridgehead atoms. The van der Waals surface area contributed by atoms with E-state index in [9.17, 15) is 8.42 Å². The van der Waals surface area contributed by atoms with Gasteiger partial charge in [0.25, 0.3) is 10.2 Å². The minimum Gasteiger partial charge on any atom is -0.343 e. The second-order valence-corrected chi connectivity index (χ2v) is 6.20. The van der Waals surface area contributed by atoms with Crippen LogP contribution >= 0.6 is 0 Å². The summed E-state index contributed by atoms with van der Waals surface area (Å²) in [5, 5.41) is 6.61. The first-order chi connectivity index (χ1) is 9.13. The number of likely N-dealkylation sites (N-methyl/N-ethyl adjacent to an activating group) is 1. The summed E-state index contributed by atoms with van der Waals surface area (Å²) in [6, 6.07) is 0.00141. The fourth-order valence-electron chi connectivity index (χ4n) is 2.24. The van der Waals surface area contributed by atoms with E-state index in [2.05, 4.69) is 24.7 Å². The molecule has 1 aromatic rings. The summed E-state index contributed by atoms with van der Waals surface area (Å²) in [7, 11) is -1.68. The lowest BCUT2D eigenvalue weighted by Crippen LogP contribution is -2.51. The Morgan fingerprint density at radius 2 is 2.37 bits per heavy atom. The van der Waals surface area contributed by atoms with Crippen LogP contribution in [0.4, 0.5) is 0 Å². The zero-order valence-electron chi connectivity index (χ0n) is 10.9. The highest BCUT2D eigenvalue weighted by Gasteiger charge is 2.31. The molecule has 2 rings (SSSR count). The van der Waals surface area contributed by atoms with Crippen LogP contribution in [0.2, 0.25) is 0 Å². The third-order valence-electron chi connectivity index (χ3n) is 3.14. The zero-order chi connectivity index (χ0) is 13.7. The first-order valence-corrected chi connectivity index (χ1v) is 7.74. The van der Waals surface area contributed by atoms with E-state index in [4.69, 9.17) is 0 Å². The zero-order valence-corrected chi connectivity index (χ0v) is 11.7. The molecule has 1 unspecified atom stereocenters. The van der Waals surface area contributed by atoms with Crippen LogP contribution in [0.3, 0.4) is 0 Å². The van der Waals surface area contributed by atoms with Crippen molar-refractivity contribution in [2.45, 2.75) is 31.8 Å². The molecule has 2 N–H and O–H groups in total.